The standard InChI is InChI=1S/C28H22F6N4O2/c1-3-21(24-20-7-5-4-6-8-22(20)38-25(24)39)37-23-14-18(10-9-15(23)2)35-26(40)36-19-12-16(27(29,30)31)11-17(13-19)28(32,33)34/h4-14H,3H2,1-2H3,(H,38,39)(H2,35,36,40). The number of benzene rings is 2. The molecule has 40 heavy (non-hydrogen) atoms. The zero-order valence-electron chi connectivity index (χ0n) is 21.1. The van der Waals surface area contributed by atoms with Gasteiger partial charge in [-0.15, -0.1) is 0 Å². The molecule has 208 valence electrons. The van der Waals surface area contributed by atoms with Crippen molar-refractivity contribution in [1.82, 2.24) is 4.98 Å². The minimum absolute atomic E-state index is 0.0281. The van der Waals surface area contributed by atoms with Gasteiger partial charge >= 0.3 is 18.4 Å². The molecule has 2 aromatic carbocycles. The van der Waals surface area contributed by atoms with Crippen molar-refractivity contribution in [3.8, 4) is 11.3 Å². The van der Waals surface area contributed by atoms with Gasteiger partial charge < -0.3 is 15.6 Å². The zero-order valence-corrected chi connectivity index (χ0v) is 21.1. The second kappa shape index (κ2) is 10.9. The van der Waals surface area contributed by atoms with Crippen LogP contribution in [0, 0.1) is 6.92 Å². The lowest BCUT2D eigenvalue weighted by molar-refractivity contribution is -0.143. The first-order valence-electron chi connectivity index (χ1n) is 11.9. The molecule has 0 radical (unpaired) electrons. The third kappa shape index (κ3) is 6.33. The largest absolute Gasteiger partial charge is 0.416 e. The monoisotopic (exact) mass is 560 g/mol. The van der Waals surface area contributed by atoms with E-state index in [-0.39, 0.29) is 17.3 Å². The van der Waals surface area contributed by atoms with Crippen LogP contribution in [0.25, 0.3) is 11.3 Å². The van der Waals surface area contributed by atoms with E-state index in [1.807, 2.05) is 18.3 Å². The van der Waals surface area contributed by atoms with Crippen LogP contribution in [0.15, 0.2) is 76.5 Å². The molecule has 0 bridgehead atoms. The van der Waals surface area contributed by atoms with Gasteiger partial charge in [0.2, 0.25) is 0 Å². The van der Waals surface area contributed by atoms with Gasteiger partial charge in [-0.25, -0.2) is 4.79 Å². The fourth-order valence-corrected chi connectivity index (χ4v) is 4.05. The van der Waals surface area contributed by atoms with Crippen LogP contribution in [0.3, 0.4) is 0 Å². The second-order valence-electron chi connectivity index (χ2n) is 8.85. The van der Waals surface area contributed by atoms with Crippen molar-refractivity contribution in [1.29, 1.82) is 0 Å². The van der Waals surface area contributed by atoms with Crippen molar-refractivity contribution in [2.45, 2.75) is 32.6 Å². The SMILES string of the molecule is CCC(=Nc1cc(NC(=O)Nc2cc(C(F)(F)F)cc(C(F)(F)F)c2)ccc1C)c1c2cccccc-2[nH]c1=O. The Morgan fingerprint density at radius 2 is 1.48 bits per heavy atom. The quantitative estimate of drug-likeness (QED) is 0.171. The Labute approximate surface area is 224 Å². The van der Waals surface area contributed by atoms with Gasteiger partial charge in [-0.3, -0.25) is 9.79 Å². The van der Waals surface area contributed by atoms with Crippen LogP contribution < -0.4 is 16.2 Å². The summed E-state index contributed by atoms with van der Waals surface area (Å²) in [5.41, 5.74) is -0.635. The van der Waals surface area contributed by atoms with E-state index in [1.54, 1.807) is 37.3 Å². The normalized spacial score (nSPS) is 12.4. The number of aryl methyl sites for hydroxylation is 1. The molecule has 0 fully saturated rings. The van der Waals surface area contributed by atoms with Gasteiger partial charge in [-0.1, -0.05) is 37.3 Å². The number of aromatic amines is 1. The molecule has 0 saturated carbocycles. The first kappa shape index (κ1) is 28.4. The third-order valence-electron chi connectivity index (χ3n) is 5.97. The second-order valence-corrected chi connectivity index (χ2v) is 8.85. The summed E-state index contributed by atoms with van der Waals surface area (Å²) in [6, 6.07) is 13.3. The number of aliphatic imine (C=N–C) groups is 1. The van der Waals surface area contributed by atoms with Gasteiger partial charge in [0.15, 0.2) is 0 Å². The molecule has 1 heterocycles. The van der Waals surface area contributed by atoms with E-state index in [9.17, 15) is 35.9 Å². The number of fused-ring (bicyclic) bond motifs is 1. The first-order chi connectivity index (χ1) is 18.8. The predicted octanol–water partition coefficient (Wildman–Crippen LogP) is 8.00. The molecule has 3 N–H and O–H groups in total. The minimum Gasteiger partial charge on any atom is -0.321 e. The summed E-state index contributed by atoms with van der Waals surface area (Å²) < 4.78 is 78.8. The van der Waals surface area contributed by atoms with E-state index in [4.69, 9.17) is 0 Å². The number of alkyl halides is 6. The lowest BCUT2D eigenvalue weighted by Crippen LogP contribution is -2.20. The van der Waals surface area contributed by atoms with E-state index < -0.39 is 35.2 Å². The third-order valence-corrected chi connectivity index (χ3v) is 5.97. The van der Waals surface area contributed by atoms with E-state index in [0.717, 1.165) is 0 Å². The number of H-pyrrole nitrogens is 1. The number of halogens is 6. The average molecular weight is 560 g/mol. The van der Waals surface area contributed by atoms with Crippen LogP contribution in [-0.4, -0.2) is 16.7 Å². The van der Waals surface area contributed by atoms with E-state index in [1.165, 1.54) is 12.1 Å². The maximum atomic E-state index is 13.1. The summed E-state index contributed by atoms with van der Waals surface area (Å²) in [5.74, 6) is 0. The number of anilines is 2. The van der Waals surface area contributed by atoms with E-state index in [0.29, 0.717) is 52.3 Å². The number of hydrogen-bond acceptors (Lipinski definition) is 3. The highest BCUT2D eigenvalue weighted by Gasteiger charge is 2.37. The Hall–Kier alpha value is -4.61. The Bertz CT molecular complexity index is 1590. The lowest BCUT2D eigenvalue weighted by Gasteiger charge is -2.15. The lowest BCUT2D eigenvalue weighted by atomic mass is 10.0. The number of amides is 2. The maximum Gasteiger partial charge on any atom is 0.416 e. The molecule has 4 rings (SSSR count). The maximum absolute atomic E-state index is 13.1. The van der Waals surface area contributed by atoms with E-state index >= 15 is 0 Å². The zero-order chi connectivity index (χ0) is 29.2. The molecule has 6 nitrogen and oxygen atoms in total. The molecular weight excluding hydrogens is 538 g/mol. The van der Waals surface area contributed by atoms with Crippen LogP contribution in [0.5, 0.6) is 0 Å². The van der Waals surface area contributed by atoms with Crippen molar-refractivity contribution in [3.05, 3.63) is 99.3 Å². The van der Waals surface area contributed by atoms with Crippen molar-refractivity contribution >= 4 is 28.8 Å². The summed E-state index contributed by atoms with van der Waals surface area (Å²) in [4.78, 5) is 32.7. The fourth-order valence-electron chi connectivity index (χ4n) is 4.05. The Morgan fingerprint density at radius 3 is 2.10 bits per heavy atom. The molecule has 0 unspecified atom stereocenters. The highest BCUT2D eigenvalue weighted by Crippen LogP contribution is 2.37. The van der Waals surface area contributed by atoms with Gasteiger partial charge in [0.25, 0.3) is 5.56 Å². The summed E-state index contributed by atoms with van der Waals surface area (Å²) in [6.07, 6.45) is -9.71. The van der Waals surface area contributed by atoms with Gasteiger partial charge in [0, 0.05) is 22.6 Å². The summed E-state index contributed by atoms with van der Waals surface area (Å²) >= 11 is 0. The predicted molar refractivity (Wildman–Crippen MR) is 140 cm³/mol. The molecule has 1 aliphatic carbocycles. The molecule has 2 aromatic rings. The molecule has 2 amide bonds. The van der Waals surface area contributed by atoms with Crippen molar-refractivity contribution < 1.29 is 31.1 Å². The summed E-state index contributed by atoms with van der Waals surface area (Å²) in [6.45, 7) is 3.58. The molecule has 12 heteroatoms. The van der Waals surface area contributed by atoms with Crippen LogP contribution >= 0.6 is 0 Å². The van der Waals surface area contributed by atoms with Gasteiger partial charge in [-0.2, -0.15) is 26.3 Å². The summed E-state index contributed by atoms with van der Waals surface area (Å²) in [7, 11) is 0. The number of carbonyl (C=O) groups is 1. The minimum atomic E-state index is -5.05. The van der Waals surface area contributed by atoms with Crippen LogP contribution in [0.4, 0.5) is 48.2 Å². The highest BCUT2D eigenvalue weighted by atomic mass is 19.4. The van der Waals surface area contributed by atoms with Crippen molar-refractivity contribution in [2.75, 3.05) is 10.6 Å². The molecular formula is C28H22F6N4O2. The molecule has 0 atom stereocenters. The molecule has 0 aromatic heterocycles. The smallest absolute Gasteiger partial charge is 0.321 e. The number of hydrogen-bond donors (Lipinski definition) is 3. The molecule has 0 saturated heterocycles. The highest BCUT2D eigenvalue weighted by molar-refractivity contribution is 6.07. The molecule has 1 aliphatic heterocycles. The Morgan fingerprint density at radius 1 is 0.850 bits per heavy atom. The van der Waals surface area contributed by atoms with Crippen LogP contribution in [-0.2, 0) is 12.4 Å². The average Bonchev–Trinajstić information content (AvgIpc) is 3.01. The number of rotatable bonds is 5. The van der Waals surface area contributed by atoms with Gasteiger partial charge in [-0.05, 0) is 55.3 Å². The Kier molecular flexibility index (Phi) is 7.72. The van der Waals surface area contributed by atoms with Crippen molar-refractivity contribution in [2.24, 2.45) is 4.99 Å². The summed E-state index contributed by atoms with van der Waals surface area (Å²) in [5, 5.41) is 4.42. The Balaban J connectivity index is 1.62. The number of nitrogens with one attached hydrogen (secondary N) is 3. The first-order valence-corrected chi connectivity index (χ1v) is 11.9. The molecule has 2 aliphatic rings. The number of carbonyl (C=O) groups excluding carboxylic acids is 1. The number of urea groups is 1. The van der Waals surface area contributed by atoms with Crippen LogP contribution in [0.1, 0.15) is 35.6 Å². The van der Waals surface area contributed by atoms with E-state index in [2.05, 4.69) is 15.3 Å². The fraction of sp³-hybridized carbons (Fsp3) is 0.179. The number of aromatic nitrogens is 1. The van der Waals surface area contributed by atoms with Crippen LogP contribution in [0.2, 0.25) is 0 Å². The van der Waals surface area contributed by atoms with Gasteiger partial charge in [0.1, 0.15) is 0 Å². The topological polar surface area (TPSA) is 86.3 Å². The number of nitrogens with zero attached hydrogens (tertiary/aromatic N) is 1. The van der Waals surface area contributed by atoms with Gasteiger partial charge in [0.05, 0.1) is 28.1 Å². The van der Waals surface area contributed by atoms with Crippen molar-refractivity contribution in [3.63, 3.8) is 0 Å². The molecule has 0 spiro atoms.